The number of aromatic amines is 1. The minimum Gasteiger partial charge on any atom is -0.351 e. The first kappa shape index (κ1) is 18.6. The van der Waals surface area contributed by atoms with Gasteiger partial charge in [-0.3, -0.25) is 4.79 Å². The highest BCUT2D eigenvalue weighted by Crippen LogP contribution is 2.21. The Labute approximate surface area is 160 Å². The van der Waals surface area contributed by atoms with Gasteiger partial charge in [-0.25, -0.2) is 17.2 Å². The molecule has 1 aromatic heterocycles. The summed E-state index contributed by atoms with van der Waals surface area (Å²) in [6.45, 7) is 0.564. The van der Waals surface area contributed by atoms with Crippen LogP contribution in [0.1, 0.15) is 10.5 Å². The quantitative estimate of drug-likeness (QED) is 0.728. The summed E-state index contributed by atoms with van der Waals surface area (Å²) in [5.41, 5.74) is 1.29. The number of hydrogen-bond donors (Lipinski definition) is 1. The van der Waals surface area contributed by atoms with Gasteiger partial charge in [0.25, 0.3) is 5.91 Å². The van der Waals surface area contributed by atoms with Crippen LogP contribution in [0.4, 0.5) is 8.78 Å². The van der Waals surface area contributed by atoms with E-state index in [1.807, 2.05) is 24.3 Å². The molecule has 0 atom stereocenters. The maximum atomic E-state index is 13.4. The molecule has 6 nitrogen and oxygen atoms in total. The molecule has 1 N–H and O–H groups in total. The zero-order chi connectivity index (χ0) is 19.9. The summed E-state index contributed by atoms with van der Waals surface area (Å²) < 4.78 is 52.9. The molecule has 1 saturated heterocycles. The summed E-state index contributed by atoms with van der Waals surface area (Å²) in [7, 11) is -3.95. The van der Waals surface area contributed by atoms with Crippen molar-refractivity contribution in [2.24, 2.45) is 0 Å². The SMILES string of the molecule is O=C(c1cc2ccccc2[nH]1)N1CCN(S(=O)(=O)c2ccc(F)c(F)c2)CC1. The van der Waals surface area contributed by atoms with Crippen molar-refractivity contribution < 1.29 is 22.0 Å². The first-order chi connectivity index (χ1) is 13.4. The van der Waals surface area contributed by atoms with Crippen LogP contribution in [-0.4, -0.2) is 54.7 Å². The fourth-order valence-corrected chi connectivity index (χ4v) is 4.71. The van der Waals surface area contributed by atoms with Crippen LogP contribution >= 0.6 is 0 Å². The van der Waals surface area contributed by atoms with E-state index in [9.17, 15) is 22.0 Å². The Balaban J connectivity index is 1.47. The minimum atomic E-state index is -3.95. The van der Waals surface area contributed by atoms with Crippen molar-refractivity contribution in [1.29, 1.82) is 0 Å². The average Bonchev–Trinajstić information content (AvgIpc) is 3.13. The van der Waals surface area contributed by atoms with Gasteiger partial charge in [-0.1, -0.05) is 18.2 Å². The van der Waals surface area contributed by atoms with E-state index in [4.69, 9.17) is 0 Å². The van der Waals surface area contributed by atoms with E-state index in [0.29, 0.717) is 11.8 Å². The maximum absolute atomic E-state index is 13.4. The number of rotatable bonds is 3. The number of halogens is 2. The third kappa shape index (κ3) is 3.27. The number of carbonyl (C=O) groups excluding carboxylic acids is 1. The van der Waals surface area contributed by atoms with Crippen LogP contribution in [0.15, 0.2) is 53.4 Å². The van der Waals surface area contributed by atoms with Gasteiger partial charge in [0.1, 0.15) is 5.69 Å². The Morgan fingerprint density at radius 2 is 1.64 bits per heavy atom. The van der Waals surface area contributed by atoms with Crippen molar-refractivity contribution in [2.45, 2.75) is 4.90 Å². The second-order valence-corrected chi connectivity index (χ2v) is 8.48. The molecule has 0 aliphatic carbocycles. The van der Waals surface area contributed by atoms with Crippen molar-refractivity contribution in [3.8, 4) is 0 Å². The lowest BCUT2D eigenvalue weighted by molar-refractivity contribution is 0.0693. The molecule has 1 fully saturated rings. The highest BCUT2D eigenvalue weighted by molar-refractivity contribution is 7.89. The van der Waals surface area contributed by atoms with E-state index in [0.717, 1.165) is 23.0 Å². The summed E-state index contributed by atoms with van der Waals surface area (Å²) in [6.07, 6.45) is 0. The van der Waals surface area contributed by atoms with E-state index in [2.05, 4.69) is 4.98 Å². The largest absolute Gasteiger partial charge is 0.351 e. The van der Waals surface area contributed by atoms with E-state index in [1.165, 1.54) is 4.31 Å². The predicted octanol–water partition coefficient (Wildman–Crippen LogP) is 2.59. The zero-order valence-electron chi connectivity index (χ0n) is 14.7. The van der Waals surface area contributed by atoms with Gasteiger partial charge >= 0.3 is 0 Å². The van der Waals surface area contributed by atoms with Crippen LogP contribution in [-0.2, 0) is 10.0 Å². The predicted molar refractivity (Wildman–Crippen MR) is 99.3 cm³/mol. The molecule has 1 aliphatic heterocycles. The lowest BCUT2D eigenvalue weighted by Crippen LogP contribution is -2.50. The number of H-pyrrole nitrogens is 1. The number of nitrogens with zero attached hydrogens (tertiary/aromatic N) is 2. The molecule has 4 rings (SSSR count). The van der Waals surface area contributed by atoms with Crippen molar-refractivity contribution in [2.75, 3.05) is 26.2 Å². The fraction of sp³-hybridized carbons (Fsp3) is 0.211. The molecule has 0 radical (unpaired) electrons. The molecule has 28 heavy (non-hydrogen) atoms. The van der Waals surface area contributed by atoms with Crippen LogP contribution in [0.2, 0.25) is 0 Å². The van der Waals surface area contributed by atoms with Crippen molar-refractivity contribution in [3.05, 3.63) is 65.9 Å². The van der Waals surface area contributed by atoms with Gasteiger partial charge in [0.05, 0.1) is 4.90 Å². The molecular formula is C19H17F2N3O3S. The normalized spacial score (nSPS) is 15.9. The number of benzene rings is 2. The van der Waals surface area contributed by atoms with Gasteiger partial charge in [-0.15, -0.1) is 0 Å². The molecule has 1 aliphatic rings. The zero-order valence-corrected chi connectivity index (χ0v) is 15.5. The van der Waals surface area contributed by atoms with E-state index >= 15 is 0 Å². The first-order valence-corrected chi connectivity index (χ1v) is 10.1. The standard InChI is InChI=1S/C19H17F2N3O3S/c20-15-6-5-14(12-16(15)21)28(26,27)24-9-7-23(8-10-24)19(25)18-11-13-3-1-2-4-17(13)22-18/h1-6,11-12,22H,7-10H2. The number of amides is 1. The Kier molecular flexibility index (Phi) is 4.64. The summed E-state index contributed by atoms with van der Waals surface area (Å²) in [5, 5.41) is 0.922. The van der Waals surface area contributed by atoms with Crippen LogP contribution < -0.4 is 0 Å². The molecule has 3 aromatic rings. The lowest BCUT2D eigenvalue weighted by Gasteiger charge is -2.33. The fourth-order valence-electron chi connectivity index (χ4n) is 3.28. The van der Waals surface area contributed by atoms with Gasteiger partial charge < -0.3 is 9.88 Å². The number of hydrogen-bond acceptors (Lipinski definition) is 3. The molecule has 0 saturated carbocycles. The second kappa shape index (κ2) is 6.99. The molecule has 0 unspecified atom stereocenters. The molecule has 0 spiro atoms. The number of fused-ring (bicyclic) bond motifs is 1. The third-order valence-electron chi connectivity index (χ3n) is 4.82. The van der Waals surface area contributed by atoms with E-state index in [1.54, 1.807) is 11.0 Å². The number of para-hydroxylation sites is 1. The van der Waals surface area contributed by atoms with Gasteiger partial charge in [-0.05, 0) is 30.3 Å². The number of aromatic nitrogens is 1. The van der Waals surface area contributed by atoms with Gasteiger partial charge in [0.2, 0.25) is 10.0 Å². The first-order valence-electron chi connectivity index (χ1n) is 8.68. The van der Waals surface area contributed by atoms with Gasteiger partial charge in [0, 0.05) is 37.1 Å². The Hall–Kier alpha value is -2.78. The van der Waals surface area contributed by atoms with Crippen LogP contribution in [0, 0.1) is 11.6 Å². The van der Waals surface area contributed by atoms with Crippen molar-refractivity contribution >= 4 is 26.8 Å². The Morgan fingerprint density at radius 1 is 0.929 bits per heavy atom. The maximum Gasteiger partial charge on any atom is 0.270 e. The third-order valence-corrected chi connectivity index (χ3v) is 6.71. The lowest BCUT2D eigenvalue weighted by atomic mass is 10.2. The average molecular weight is 405 g/mol. The smallest absolute Gasteiger partial charge is 0.270 e. The molecular weight excluding hydrogens is 388 g/mol. The molecule has 1 amide bonds. The molecule has 0 bridgehead atoms. The molecule has 146 valence electrons. The number of nitrogens with one attached hydrogen (secondary N) is 1. The van der Waals surface area contributed by atoms with Gasteiger partial charge in [-0.2, -0.15) is 4.31 Å². The van der Waals surface area contributed by atoms with E-state index in [-0.39, 0.29) is 37.0 Å². The highest BCUT2D eigenvalue weighted by atomic mass is 32.2. The van der Waals surface area contributed by atoms with Crippen LogP contribution in [0.3, 0.4) is 0 Å². The van der Waals surface area contributed by atoms with Crippen LogP contribution in [0.25, 0.3) is 10.9 Å². The highest BCUT2D eigenvalue weighted by Gasteiger charge is 2.31. The van der Waals surface area contributed by atoms with Crippen LogP contribution in [0.5, 0.6) is 0 Å². The molecule has 9 heteroatoms. The monoisotopic (exact) mass is 405 g/mol. The minimum absolute atomic E-state index is 0.0767. The molecule has 2 heterocycles. The molecule has 2 aromatic carbocycles. The van der Waals surface area contributed by atoms with E-state index < -0.39 is 21.7 Å². The van der Waals surface area contributed by atoms with Gasteiger partial charge in [0.15, 0.2) is 11.6 Å². The summed E-state index contributed by atoms with van der Waals surface area (Å²) in [6, 6.07) is 11.8. The topological polar surface area (TPSA) is 73.5 Å². The summed E-state index contributed by atoms with van der Waals surface area (Å²) in [4.78, 5) is 17.1. The number of carbonyl (C=O) groups is 1. The Bertz CT molecular complexity index is 1120. The van der Waals surface area contributed by atoms with Crippen molar-refractivity contribution in [1.82, 2.24) is 14.2 Å². The summed E-state index contributed by atoms with van der Waals surface area (Å²) >= 11 is 0. The number of piperazine rings is 1. The second-order valence-electron chi connectivity index (χ2n) is 6.54. The number of sulfonamides is 1. The van der Waals surface area contributed by atoms with Crippen molar-refractivity contribution in [3.63, 3.8) is 0 Å². The summed E-state index contributed by atoms with van der Waals surface area (Å²) in [5.74, 6) is -2.53. The Morgan fingerprint density at radius 3 is 2.32 bits per heavy atom.